The van der Waals surface area contributed by atoms with Crippen LogP contribution in [0.25, 0.3) is 10.9 Å². The van der Waals surface area contributed by atoms with Crippen LogP contribution in [0.15, 0.2) is 35.1 Å². The van der Waals surface area contributed by atoms with Gasteiger partial charge < -0.3 is 9.72 Å². The van der Waals surface area contributed by atoms with E-state index in [1.54, 1.807) is 6.07 Å². The Morgan fingerprint density at radius 2 is 1.95 bits per heavy atom. The first-order chi connectivity index (χ1) is 10.2. The number of H-pyrrole nitrogens is 1. The van der Waals surface area contributed by atoms with Crippen molar-refractivity contribution in [1.82, 2.24) is 4.98 Å². The SMILES string of the molecule is O=C(OCC1CCCCC1)c1cc(=O)[nH]c2ccccc12. The largest absolute Gasteiger partial charge is 0.462 e. The number of benzene rings is 1. The topological polar surface area (TPSA) is 59.2 Å². The highest BCUT2D eigenvalue weighted by Gasteiger charge is 2.18. The number of ether oxygens (including phenoxy) is 1. The molecule has 1 aromatic carbocycles. The van der Waals surface area contributed by atoms with Crippen LogP contribution >= 0.6 is 0 Å². The molecule has 0 unspecified atom stereocenters. The second-order valence-electron chi connectivity index (χ2n) is 5.70. The second kappa shape index (κ2) is 6.12. The van der Waals surface area contributed by atoms with E-state index in [0.717, 1.165) is 18.2 Å². The van der Waals surface area contributed by atoms with E-state index in [2.05, 4.69) is 4.98 Å². The summed E-state index contributed by atoms with van der Waals surface area (Å²) in [4.78, 5) is 26.7. The monoisotopic (exact) mass is 285 g/mol. The summed E-state index contributed by atoms with van der Waals surface area (Å²) in [6, 6.07) is 8.61. The van der Waals surface area contributed by atoms with Gasteiger partial charge in [0.15, 0.2) is 0 Å². The summed E-state index contributed by atoms with van der Waals surface area (Å²) in [5, 5.41) is 0.728. The fourth-order valence-corrected chi connectivity index (χ4v) is 3.00. The van der Waals surface area contributed by atoms with E-state index in [4.69, 9.17) is 4.74 Å². The molecule has 1 aliphatic carbocycles. The van der Waals surface area contributed by atoms with E-state index in [1.165, 1.54) is 25.3 Å². The summed E-state index contributed by atoms with van der Waals surface area (Å²) in [5.41, 5.74) is 0.734. The van der Waals surface area contributed by atoms with Crippen molar-refractivity contribution in [1.29, 1.82) is 0 Å². The third kappa shape index (κ3) is 3.15. The first-order valence-electron chi connectivity index (χ1n) is 7.53. The molecule has 1 heterocycles. The van der Waals surface area contributed by atoms with Gasteiger partial charge in [-0.2, -0.15) is 0 Å². The van der Waals surface area contributed by atoms with Gasteiger partial charge in [0, 0.05) is 17.0 Å². The lowest BCUT2D eigenvalue weighted by molar-refractivity contribution is 0.0412. The van der Waals surface area contributed by atoms with Crippen LogP contribution in [0.1, 0.15) is 42.5 Å². The third-order valence-electron chi connectivity index (χ3n) is 4.15. The van der Waals surface area contributed by atoms with Crippen molar-refractivity contribution in [2.24, 2.45) is 5.92 Å². The molecule has 0 radical (unpaired) electrons. The molecule has 3 rings (SSSR count). The van der Waals surface area contributed by atoms with Crippen LogP contribution < -0.4 is 5.56 Å². The lowest BCUT2D eigenvalue weighted by Gasteiger charge is -2.21. The highest BCUT2D eigenvalue weighted by atomic mass is 16.5. The van der Waals surface area contributed by atoms with Crippen molar-refractivity contribution in [2.75, 3.05) is 6.61 Å². The number of para-hydroxylation sites is 1. The maximum Gasteiger partial charge on any atom is 0.339 e. The minimum absolute atomic E-state index is 0.279. The van der Waals surface area contributed by atoms with E-state index in [0.29, 0.717) is 23.6 Å². The van der Waals surface area contributed by atoms with Crippen LogP contribution in [-0.2, 0) is 4.74 Å². The summed E-state index contributed by atoms with van der Waals surface area (Å²) >= 11 is 0. The highest BCUT2D eigenvalue weighted by Crippen LogP contribution is 2.24. The Hall–Kier alpha value is -2.10. The number of hydrogen-bond acceptors (Lipinski definition) is 3. The van der Waals surface area contributed by atoms with Gasteiger partial charge >= 0.3 is 5.97 Å². The van der Waals surface area contributed by atoms with Crippen molar-refractivity contribution in [3.63, 3.8) is 0 Å². The van der Waals surface area contributed by atoms with E-state index in [9.17, 15) is 9.59 Å². The quantitative estimate of drug-likeness (QED) is 0.880. The summed E-state index contributed by atoms with van der Waals surface area (Å²) in [6.45, 7) is 0.458. The van der Waals surface area contributed by atoms with Gasteiger partial charge in [0.2, 0.25) is 5.56 Å². The highest BCUT2D eigenvalue weighted by molar-refractivity contribution is 6.03. The Bertz CT molecular complexity index is 698. The van der Waals surface area contributed by atoms with Crippen LogP contribution in [-0.4, -0.2) is 17.6 Å². The molecular formula is C17H19NO3. The Kier molecular flexibility index (Phi) is 4.04. The number of nitrogens with one attached hydrogen (secondary N) is 1. The number of carbonyl (C=O) groups excluding carboxylic acids is 1. The molecule has 4 heteroatoms. The van der Waals surface area contributed by atoms with Crippen molar-refractivity contribution < 1.29 is 9.53 Å². The van der Waals surface area contributed by atoms with Crippen molar-refractivity contribution in [3.05, 3.63) is 46.2 Å². The smallest absolute Gasteiger partial charge is 0.339 e. The van der Waals surface area contributed by atoms with E-state index in [1.807, 2.05) is 18.2 Å². The lowest BCUT2D eigenvalue weighted by Crippen LogP contribution is -2.18. The van der Waals surface area contributed by atoms with E-state index >= 15 is 0 Å². The molecule has 1 aliphatic rings. The molecule has 1 fully saturated rings. The number of fused-ring (bicyclic) bond motifs is 1. The molecule has 4 nitrogen and oxygen atoms in total. The van der Waals surface area contributed by atoms with Gasteiger partial charge in [-0.25, -0.2) is 4.79 Å². The average molecular weight is 285 g/mol. The van der Waals surface area contributed by atoms with Gasteiger partial charge in [0.1, 0.15) is 0 Å². The summed E-state index contributed by atoms with van der Waals surface area (Å²) in [5.74, 6) is 0.0684. The molecule has 110 valence electrons. The minimum atomic E-state index is -0.400. The molecule has 0 atom stereocenters. The zero-order valence-electron chi connectivity index (χ0n) is 11.9. The summed E-state index contributed by atoms with van der Waals surface area (Å²) in [7, 11) is 0. The standard InChI is InChI=1S/C17H19NO3/c19-16-10-14(13-8-4-5-9-15(13)18-16)17(20)21-11-12-6-2-1-3-7-12/h4-5,8-10,12H,1-3,6-7,11H2,(H,18,19). The van der Waals surface area contributed by atoms with Gasteiger partial charge in [-0.1, -0.05) is 37.5 Å². The molecular weight excluding hydrogens is 266 g/mol. The van der Waals surface area contributed by atoms with Crippen molar-refractivity contribution >= 4 is 16.9 Å². The predicted molar refractivity (Wildman–Crippen MR) is 81.4 cm³/mol. The molecule has 0 bridgehead atoms. The van der Waals surface area contributed by atoms with Crippen LogP contribution in [0, 0.1) is 5.92 Å². The van der Waals surface area contributed by atoms with Gasteiger partial charge in [-0.05, 0) is 24.8 Å². The first-order valence-corrected chi connectivity index (χ1v) is 7.53. The molecule has 2 aromatic rings. The molecule has 0 aliphatic heterocycles. The van der Waals surface area contributed by atoms with Crippen molar-refractivity contribution in [3.8, 4) is 0 Å². The predicted octanol–water partition coefficient (Wildman–Crippen LogP) is 3.27. The first kappa shape index (κ1) is 13.9. The zero-order chi connectivity index (χ0) is 14.7. The third-order valence-corrected chi connectivity index (χ3v) is 4.15. The number of carbonyl (C=O) groups is 1. The number of pyridine rings is 1. The summed E-state index contributed by atoms with van der Waals surface area (Å²) < 4.78 is 5.44. The molecule has 21 heavy (non-hydrogen) atoms. The molecule has 1 aromatic heterocycles. The van der Waals surface area contributed by atoms with Crippen molar-refractivity contribution in [2.45, 2.75) is 32.1 Å². The Morgan fingerprint density at radius 1 is 1.19 bits per heavy atom. The fraction of sp³-hybridized carbons (Fsp3) is 0.412. The minimum Gasteiger partial charge on any atom is -0.462 e. The second-order valence-corrected chi connectivity index (χ2v) is 5.70. The average Bonchev–Trinajstić information content (AvgIpc) is 2.52. The number of hydrogen-bond donors (Lipinski definition) is 1. The van der Waals surface area contributed by atoms with Gasteiger partial charge in [0.25, 0.3) is 0 Å². The van der Waals surface area contributed by atoms with Gasteiger partial charge in [-0.3, -0.25) is 4.79 Å². The Balaban J connectivity index is 1.79. The summed E-state index contributed by atoms with van der Waals surface area (Å²) in [6.07, 6.45) is 5.97. The number of rotatable bonds is 3. The van der Waals surface area contributed by atoms with E-state index < -0.39 is 5.97 Å². The Labute approximate surface area is 123 Å². The van der Waals surface area contributed by atoms with E-state index in [-0.39, 0.29) is 5.56 Å². The number of aromatic nitrogens is 1. The van der Waals surface area contributed by atoms with Crippen LogP contribution in [0.4, 0.5) is 0 Å². The normalized spacial score (nSPS) is 16.0. The fourth-order valence-electron chi connectivity index (χ4n) is 3.00. The zero-order valence-corrected chi connectivity index (χ0v) is 11.9. The van der Waals surface area contributed by atoms with Crippen LogP contribution in [0.5, 0.6) is 0 Å². The lowest BCUT2D eigenvalue weighted by atomic mass is 9.90. The molecule has 1 N–H and O–H groups in total. The van der Waals surface area contributed by atoms with Crippen LogP contribution in [0.3, 0.4) is 0 Å². The molecule has 0 spiro atoms. The Morgan fingerprint density at radius 3 is 2.76 bits per heavy atom. The van der Waals surface area contributed by atoms with Gasteiger partial charge in [0.05, 0.1) is 12.2 Å². The maximum atomic E-state index is 12.3. The van der Waals surface area contributed by atoms with Gasteiger partial charge in [-0.15, -0.1) is 0 Å². The molecule has 0 amide bonds. The number of aromatic amines is 1. The van der Waals surface area contributed by atoms with Crippen LogP contribution in [0.2, 0.25) is 0 Å². The molecule has 0 saturated heterocycles. The molecule has 1 saturated carbocycles. The maximum absolute atomic E-state index is 12.3. The number of esters is 1.